The lowest BCUT2D eigenvalue weighted by Gasteiger charge is -2.21. The van der Waals surface area contributed by atoms with Crippen molar-refractivity contribution in [3.05, 3.63) is 65.4 Å². The molecule has 3 aromatic rings. The quantitative estimate of drug-likeness (QED) is 0.435. The van der Waals surface area contributed by atoms with E-state index in [4.69, 9.17) is 4.99 Å². The van der Waals surface area contributed by atoms with E-state index in [1.165, 1.54) is 18.6 Å². The molecular weight excluding hydrogens is 408 g/mol. The van der Waals surface area contributed by atoms with Crippen LogP contribution in [0.3, 0.4) is 0 Å². The maximum Gasteiger partial charge on any atom is 0.255 e. The van der Waals surface area contributed by atoms with Crippen LogP contribution in [0.1, 0.15) is 61.6 Å². The summed E-state index contributed by atoms with van der Waals surface area (Å²) in [6, 6.07) is 16.3. The van der Waals surface area contributed by atoms with E-state index in [1.807, 2.05) is 48.5 Å². The largest absolute Gasteiger partial charge is 0.322 e. The van der Waals surface area contributed by atoms with Gasteiger partial charge in [0.15, 0.2) is 0 Å². The number of fused-ring (bicyclic) bond motifs is 1. The van der Waals surface area contributed by atoms with Crippen molar-refractivity contribution in [2.45, 2.75) is 59.4 Å². The van der Waals surface area contributed by atoms with Gasteiger partial charge in [-0.2, -0.15) is 0 Å². The van der Waals surface area contributed by atoms with Crippen molar-refractivity contribution in [2.24, 2.45) is 4.99 Å². The molecule has 2 aromatic carbocycles. The number of hydrogen-bond acceptors (Lipinski definition) is 4. The molecule has 0 saturated carbocycles. The van der Waals surface area contributed by atoms with Crippen molar-refractivity contribution in [3.63, 3.8) is 0 Å². The molecule has 1 N–H and O–H groups in total. The number of amides is 1. The monoisotopic (exact) mass is 442 g/mol. The molecule has 0 spiro atoms. The molecule has 1 aliphatic rings. The van der Waals surface area contributed by atoms with Crippen molar-refractivity contribution < 1.29 is 4.79 Å². The van der Waals surface area contributed by atoms with E-state index in [9.17, 15) is 4.79 Å². The zero-order valence-electron chi connectivity index (χ0n) is 20.2. The third-order valence-electron chi connectivity index (χ3n) is 6.60. The highest BCUT2D eigenvalue weighted by Gasteiger charge is 2.21. The summed E-state index contributed by atoms with van der Waals surface area (Å²) in [4.78, 5) is 25.1. The summed E-state index contributed by atoms with van der Waals surface area (Å²) in [6.07, 6.45) is 4.35. The first-order valence-electron chi connectivity index (χ1n) is 12.1. The Hall–Kier alpha value is -3.05. The van der Waals surface area contributed by atoms with Gasteiger partial charge in [-0.25, -0.2) is 0 Å². The Labute approximate surface area is 196 Å². The maximum absolute atomic E-state index is 12.9. The summed E-state index contributed by atoms with van der Waals surface area (Å²) in [5, 5.41) is 4.02. The van der Waals surface area contributed by atoms with E-state index in [0.717, 1.165) is 59.5 Å². The number of benzene rings is 2. The highest BCUT2D eigenvalue weighted by atomic mass is 16.1. The summed E-state index contributed by atoms with van der Waals surface area (Å²) in [5.74, 6) is -0.128. The van der Waals surface area contributed by atoms with Gasteiger partial charge in [0, 0.05) is 40.6 Å². The number of carbonyl (C=O) groups excluding carboxylic acids is 1. The number of anilines is 1. The van der Waals surface area contributed by atoms with Gasteiger partial charge in [0.2, 0.25) is 0 Å². The Morgan fingerprint density at radius 2 is 2.00 bits per heavy atom. The van der Waals surface area contributed by atoms with Gasteiger partial charge in [-0.05, 0) is 88.0 Å². The highest BCUT2D eigenvalue weighted by Crippen LogP contribution is 2.25. The van der Waals surface area contributed by atoms with Gasteiger partial charge in [-0.3, -0.25) is 19.7 Å². The molecular formula is C28H34N4O. The van der Waals surface area contributed by atoms with Crippen LogP contribution in [0.5, 0.6) is 0 Å². The number of aromatic nitrogens is 1. The van der Waals surface area contributed by atoms with Gasteiger partial charge in [-0.15, -0.1) is 0 Å². The maximum atomic E-state index is 12.9. The number of hydrogen-bond donors (Lipinski definition) is 1. The lowest BCUT2D eigenvalue weighted by atomic mass is 10.1. The average molecular weight is 443 g/mol. The molecule has 172 valence electrons. The minimum atomic E-state index is -0.128. The fourth-order valence-corrected chi connectivity index (χ4v) is 4.38. The third kappa shape index (κ3) is 5.48. The second kappa shape index (κ2) is 10.3. The number of nitrogens with zero attached hydrogens (tertiary/aromatic N) is 3. The summed E-state index contributed by atoms with van der Waals surface area (Å²) in [5.41, 5.74) is 6.56. The van der Waals surface area contributed by atoms with E-state index in [0.29, 0.717) is 11.6 Å². The number of nitrogens with one attached hydrogen (secondary N) is 1. The van der Waals surface area contributed by atoms with Gasteiger partial charge in [-0.1, -0.05) is 26.0 Å². The minimum absolute atomic E-state index is 0.128. The Morgan fingerprint density at radius 3 is 2.73 bits per heavy atom. The number of carbonyl (C=O) groups is 1. The van der Waals surface area contributed by atoms with Crippen LogP contribution in [-0.2, 0) is 6.42 Å². The molecule has 1 amide bonds. The first-order valence-corrected chi connectivity index (χ1v) is 12.1. The van der Waals surface area contributed by atoms with Gasteiger partial charge in [0.1, 0.15) is 0 Å². The summed E-state index contributed by atoms with van der Waals surface area (Å²) >= 11 is 0. The summed E-state index contributed by atoms with van der Waals surface area (Å²) in [6.45, 7) is 10.7. The van der Waals surface area contributed by atoms with Gasteiger partial charge < -0.3 is 5.32 Å². The molecule has 1 saturated heterocycles. The van der Waals surface area contributed by atoms with E-state index in [-0.39, 0.29) is 5.91 Å². The van der Waals surface area contributed by atoms with Crippen LogP contribution >= 0.6 is 0 Å². The lowest BCUT2D eigenvalue weighted by molar-refractivity contribution is 0.102. The molecule has 33 heavy (non-hydrogen) atoms. The van der Waals surface area contributed by atoms with Crippen LogP contribution in [0.15, 0.2) is 53.5 Å². The van der Waals surface area contributed by atoms with Gasteiger partial charge in [0.25, 0.3) is 5.91 Å². The van der Waals surface area contributed by atoms with Crippen LogP contribution in [0.25, 0.3) is 10.9 Å². The second-order valence-electron chi connectivity index (χ2n) is 9.01. The molecule has 0 radical (unpaired) electrons. The molecule has 1 atom stereocenters. The van der Waals surface area contributed by atoms with Gasteiger partial charge >= 0.3 is 0 Å². The van der Waals surface area contributed by atoms with Crippen LogP contribution in [0.2, 0.25) is 0 Å². The van der Waals surface area contributed by atoms with Crippen molar-refractivity contribution in [1.29, 1.82) is 0 Å². The van der Waals surface area contributed by atoms with Crippen LogP contribution in [-0.4, -0.2) is 40.6 Å². The highest BCUT2D eigenvalue weighted by molar-refractivity contribution is 6.06. The first-order chi connectivity index (χ1) is 16.0. The minimum Gasteiger partial charge on any atom is -0.322 e. The summed E-state index contributed by atoms with van der Waals surface area (Å²) < 4.78 is 0. The molecule has 1 fully saturated rings. The smallest absolute Gasteiger partial charge is 0.255 e. The Morgan fingerprint density at radius 1 is 1.15 bits per heavy atom. The number of rotatable bonds is 7. The molecule has 0 bridgehead atoms. The van der Waals surface area contributed by atoms with Crippen molar-refractivity contribution >= 4 is 33.9 Å². The fraction of sp³-hybridized carbons (Fsp3) is 0.393. The Kier molecular flexibility index (Phi) is 7.19. The normalized spacial score (nSPS) is 17.0. The Bertz CT molecular complexity index is 1180. The molecule has 0 aliphatic carbocycles. The molecule has 1 unspecified atom stereocenters. The van der Waals surface area contributed by atoms with Gasteiger partial charge in [0.05, 0.1) is 11.2 Å². The van der Waals surface area contributed by atoms with E-state index >= 15 is 0 Å². The molecule has 4 rings (SSSR count). The summed E-state index contributed by atoms with van der Waals surface area (Å²) in [7, 11) is 0. The predicted octanol–water partition coefficient (Wildman–Crippen LogP) is 6.32. The van der Waals surface area contributed by atoms with E-state index < -0.39 is 0 Å². The van der Waals surface area contributed by atoms with E-state index in [2.05, 4.69) is 42.9 Å². The van der Waals surface area contributed by atoms with Crippen LogP contribution < -0.4 is 5.32 Å². The molecule has 2 heterocycles. The average Bonchev–Trinajstić information content (AvgIpc) is 3.23. The topological polar surface area (TPSA) is 57.6 Å². The SMILES string of the molecule is CCC(CN1CCCC1C)=Nc1cc(NC(=O)c2ccc3nc(CC)ccc3c2)ccc1C. The number of aliphatic imine (C=N–C) groups is 1. The number of aryl methyl sites for hydroxylation is 2. The second-order valence-corrected chi connectivity index (χ2v) is 9.01. The fourth-order valence-electron chi connectivity index (χ4n) is 4.38. The molecule has 5 nitrogen and oxygen atoms in total. The molecule has 1 aliphatic heterocycles. The van der Waals surface area contributed by atoms with Crippen molar-refractivity contribution in [2.75, 3.05) is 18.4 Å². The zero-order valence-corrected chi connectivity index (χ0v) is 20.2. The number of pyridine rings is 1. The predicted molar refractivity (Wildman–Crippen MR) is 138 cm³/mol. The third-order valence-corrected chi connectivity index (χ3v) is 6.60. The standard InChI is InChI=1S/C28H34N4O/c1-5-23-13-10-21-16-22(11-14-26(21)29-23)28(33)31-25-12-9-19(3)27(17-25)30-24(6-2)18-32-15-7-8-20(32)4/h9-14,16-17,20H,5-8,15,18H2,1-4H3,(H,31,33). The zero-order chi connectivity index (χ0) is 23.4. The molecule has 5 heteroatoms. The van der Waals surface area contributed by atoms with Crippen molar-refractivity contribution in [3.8, 4) is 0 Å². The van der Waals surface area contributed by atoms with Crippen LogP contribution in [0.4, 0.5) is 11.4 Å². The van der Waals surface area contributed by atoms with Crippen LogP contribution in [0, 0.1) is 6.92 Å². The number of likely N-dealkylation sites (tertiary alicyclic amines) is 1. The molecule has 1 aromatic heterocycles. The van der Waals surface area contributed by atoms with E-state index in [1.54, 1.807) is 0 Å². The Balaban J connectivity index is 1.52. The van der Waals surface area contributed by atoms with Crippen molar-refractivity contribution in [1.82, 2.24) is 9.88 Å². The lowest BCUT2D eigenvalue weighted by Crippen LogP contribution is -2.32. The first kappa shape index (κ1) is 23.1.